The molecule has 22 heavy (non-hydrogen) atoms. The first kappa shape index (κ1) is 16.0. The van der Waals surface area contributed by atoms with Gasteiger partial charge in [-0.1, -0.05) is 23.5 Å². The van der Waals surface area contributed by atoms with Crippen molar-refractivity contribution in [2.75, 3.05) is 5.32 Å². The minimum atomic E-state index is -0.611. The van der Waals surface area contributed by atoms with E-state index in [0.717, 1.165) is 22.5 Å². The van der Waals surface area contributed by atoms with Crippen LogP contribution < -0.4 is 15.5 Å². The highest BCUT2D eigenvalue weighted by Crippen LogP contribution is 2.17. The summed E-state index contributed by atoms with van der Waals surface area (Å²) in [4.78, 5) is 35.0. The Morgan fingerprint density at radius 3 is 2.59 bits per heavy atom. The van der Waals surface area contributed by atoms with Crippen molar-refractivity contribution in [2.24, 2.45) is 0 Å². The predicted octanol–water partition coefficient (Wildman–Crippen LogP) is 2.18. The molecule has 7 heteroatoms. The SMILES string of the molecule is Cc1cccc(NC(=O)NC(=O)Cn2c(C)csc2=O)c1C. The van der Waals surface area contributed by atoms with Crippen LogP contribution in [0.4, 0.5) is 10.5 Å². The van der Waals surface area contributed by atoms with Gasteiger partial charge in [-0.2, -0.15) is 0 Å². The topological polar surface area (TPSA) is 80.2 Å². The second-order valence-electron chi connectivity index (χ2n) is 4.98. The van der Waals surface area contributed by atoms with Crippen LogP contribution >= 0.6 is 11.3 Å². The second kappa shape index (κ2) is 6.57. The first-order valence-corrected chi connectivity index (χ1v) is 7.58. The van der Waals surface area contributed by atoms with Gasteiger partial charge in [0.25, 0.3) is 0 Å². The maximum Gasteiger partial charge on any atom is 0.325 e. The smallest absolute Gasteiger partial charge is 0.307 e. The maximum atomic E-state index is 11.9. The molecule has 0 saturated carbocycles. The third-order valence-corrected chi connectivity index (χ3v) is 4.26. The van der Waals surface area contributed by atoms with Gasteiger partial charge in [0.1, 0.15) is 6.54 Å². The lowest BCUT2D eigenvalue weighted by molar-refractivity contribution is -0.120. The molecule has 2 rings (SSSR count). The molecule has 3 amide bonds. The average molecular weight is 319 g/mol. The van der Waals surface area contributed by atoms with Crippen LogP contribution in [-0.2, 0) is 11.3 Å². The molecule has 0 bridgehead atoms. The van der Waals surface area contributed by atoms with E-state index in [-0.39, 0.29) is 11.4 Å². The average Bonchev–Trinajstić information content (AvgIpc) is 2.75. The summed E-state index contributed by atoms with van der Waals surface area (Å²) in [6, 6.07) is 4.92. The van der Waals surface area contributed by atoms with Crippen LogP contribution in [0, 0.1) is 20.8 Å². The highest BCUT2D eigenvalue weighted by molar-refractivity contribution is 7.07. The molecule has 0 unspecified atom stereocenters. The Balaban J connectivity index is 1.99. The van der Waals surface area contributed by atoms with Gasteiger partial charge in [0.15, 0.2) is 0 Å². The Labute approximate surface area is 131 Å². The summed E-state index contributed by atoms with van der Waals surface area (Å²) >= 11 is 1.02. The summed E-state index contributed by atoms with van der Waals surface area (Å²) in [5.41, 5.74) is 3.33. The fourth-order valence-electron chi connectivity index (χ4n) is 1.95. The molecule has 0 spiro atoms. The van der Waals surface area contributed by atoms with Crippen molar-refractivity contribution in [1.29, 1.82) is 0 Å². The lowest BCUT2D eigenvalue weighted by atomic mass is 10.1. The Bertz CT molecular complexity index is 777. The molecule has 1 aromatic carbocycles. The molecular weight excluding hydrogens is 302 g/mol. The lowest BCUT2D eigenvalue weighted by Gasteiger charge is -2.11. The summed E-state index contributed by atoms with van der Waals surface area (Å²) < 4.78 is 1.32. The molecule has 2 N–H and O–H groups in total. The molecule has 0 aliphatic carbocycles. The minimum Gasteiger partial charge on any atom is -0.307 e. The number of anilines is 1. The van der Waals surface area contributed by atoms with E-state index in [2.05, 4.69) is 10.6 Å². The van der Waals surface area contributed by atoms with E-state index in [1.807, 2.05) is 26.0 Å². The highest BCUT2D eigenvalue weighted by Gasteiger charge is 2.12. The van der Waals surface area contributed by atoms with Crippen molar-refractivity contribution in [1.82, 2.24) is 9.88 Å². The van der Waals surface area contributed by atoms with E-state index >= 15 is 0 Å². The van der Waals surface area contributed by atoms with Crippen LogP contribution in [0.3, 0.4) is 0 Å². The van der Waals surface area contributed by atoms with E-state index in [9.17, 15) is 14.4 Å². The van der Waals surface area contributed by atoms with Crippen LogP contribution in [0.2, 0.25) is 0 Å². The van der Waals surface area contributed by atoms with Gasteiger partial charge in [0.2, 0.25) is 5.91 Å². The van der Waals surface area contributed by atoms with Crippen molar-refractivity contribution in [3.8, 4) is 0 Å². The summed E-state index contributed by atoms with van der Waals surface area (Å²) in [6.45, 7) is 5.39. The quantitative estimate of drug-likeness (QED) is 0.910. The minimum absolute atomic E-state index is 0.172. The van der Waals surface area contributed by atoms with Crippen LogP contribution in [0.1, 0.15) is 16.8 Å². The molecule has 0 saturated heterocycles. The maximum absolute atomic E-state index is 11.9. The first-order chi connectivity index (χ1) is 10.4. The molecule has 116 valence electrons. The number of aryl methyl sites for hydroxylation is 2. The van der Waals surface area contributed by atoms with E-state index in [1.54, 1.807) is 18.4 Å². The molecule has 6 nitrogen and oxygen atoms in total. The van der Waals surface area contributed by atoms with Gasteiger partial charge in [-0.3, -0.25) is 19.5 Å². The number of urea groups is 1. The number of hydrogen-bond acceptors (Lipinski definition) is 4. The number of nitrogens with one attached hydrogen (secondary N) is 2. The van der Waals surface area contributed by atoms with E-state index in [0.29, 0.717) is 11.4 Å². The van der Waals surface area contributed by atoms with Crippen LogP contribution in [-0.4, -0.2) is 16.5 Å². The van der Waals surface area contributed by atoms with Crippen molar-refractivity contribution < 1.29 is 9.59 Å². The number of carbonyl (C=O) groups is 2. The Hall–Kier alpha value is -2.41. The largest absolute Gasteiger partial charge is 0.325 e. The number of benzene rings is 1. The zero-order valence-corrected chi connectivity index (χ0v) is 13.4. The number of thiazole rings is 1. The molecule has 0 aliphatic heterocycles. The number of rotatable bonds is 3. The standard InChI is InChI=1S/C15H17N3O3S/c1-9-5-4-6-12(11(9)3)16-14(20)17-13(19)7-18-10(2)8-22-15(18)21/h4-6,8H,7H2,1-3H3,(H2,16,17,19,20). The third-order valence-electron chi connectivity index (χ3n) is 3.38. The molecule has 0 fully saturated rings. The number of carbonyl (C=O) groups excluding carboxylic acids is 2. The van der Waals surface area contributed by atoms with Crippen LogP contribution in [0.5, 0.6) is 0 Å². The lowest BCUT2D eigenvalue weighted by Crippen LogP contribution is -2.38. The Morgan fingerprint density at radius 2 is 1.95 bits per heavy atom. The molecule has 0 aliphatic rings. The van der Waals surface area contributed by atoms with E-state index in [1.165, 1.54) is 4.57 Å². The fraction of sp³-hybridized carbons (Fsp3) is 0.267. The van der Waals surface area contributed by atoms with Crippen LogP contribution in [0.15, 0.2) is 28.4 Å². The normalized spacial score (nSPS) is 10.3. The second-order valence-corrected chi connectivity index (χ2v) is 5.80. The van der Waals surface area contributed by atoms with Gasteiger partial charge in [-0.15, -0.1) is 0 Å². The molecule has 1 heterocycles. The Kier molecular flexibility index (Phi) is 4.77. The zero-order valence-electron chi connectivity index (χ0n) is 12.6. The fourth-order valence-corrected chi connectivity index (χ4v) is 2.68. The van der Waals surface area contributed by atoms with Gasteiger partial charge in [0, 0.05) is 16.8 Å². The number of aromatic nitrogens is 1. The molecular formula is C15H17N3O3S. The van der Waals surface area contributed by atoms with Gasteiger partial charge in [-0.05, 0) is 38.0 Å². The molecule has 0 atom stereocenters. The number of amides is 3. The van der Waals surface area contributed by atoms with Crippen molar-refractivity contribution >= 4 is 29.0 Å². The molecule has 2 aromatic rings. The number of imide groups is 1. The van der Waals surface area contributed by atoms with Gasteiger partial charge in [-0.25, -0.2) is 4.79 Å². The van der Waals surface area contributed by atoms with Gasteiger partial charge in [0.05, 0.1) is 0 Å². The van der Waals surface area contributed by atoms with Crippen molar-refractivity contribution in [3.63, 3.8) is 0 Å². The third kappa shape index (κ3) is 3.62. The summed E-state index contributed by atoms with van der Waals surface area (Å²) in [6.07, 6.45) is 0. The van der Waals surface area contributed by atoms with E-state index in [4.69, 9.17) is 0 Å². The first-order valence-electron chi connectivity index (χ1n) is 6.70. The van der Waals surface area contributed by atoms with Gasteiger partial charge < -0.3 is 5.32 Å². The van der Waals surface area contributed by atoms with Gasteiger partial charge >= 0.3 is 10.9 Å². The van der Waals surface area contributed by atoms with Crippen LogP contribution in [0.25, 0.3) is 0 Å². The molecule has 1 aromatic heterocycles. The predicted molar refractivity (Wildman–Crippen MR) is 86.4 cm³/mol. The van der Waals surface area contributed by atoms with Crippen molar-refractivity contribution in [2.45, 2.75) is 27.3 Å². The van der Waals surface area contributed by atoms with Crippen molar-refractivity contribution in [3.05, 3.63) is 50.1 Å². The monoisotopic (exact) mass is 319 g/mol. The highest BCUT2D eigenvalue weighted by atomic mass is 32.1. The summed E-state index contributed by atoms with van der Waals surface area (Å²) in [5.74, 6) is -0.536. The zero-order chi connectivity index (χ0) is 16.3. The van der Waals surface area contributed by atoms with E-state index < -0.39 is 11.9 Å². The molecule has 0 radical (unpaired) electrons. The number of hydrogen-bond donors (Lipinski definition) is 2. The Morgan fingerprint density at radius 1 is 1.23 bits per heavy atom. The summed E-state index contributed by atoms with van der Waals surface area (Å²) in [5, 5.41) is 6.53. The summed E-state index contributed by atoms with van der Waals surface area (Å²) in [7, 11) is 0. The number of nitrogens with zero attached hydrogens (tertiary/aromatic N) is 1.